The fourth-order valence-electron chi connectivity index (χ4n) is 4.02. The largest absolute Gasteiger partial charge is 0.447 e. The predicted octanol–water partition coefficient (Wildman–Crippen LogP) is 2.59. The number of likely N-dealkylation sites (tertiary alicyclic amines) is 1. The van der Waals surface area contributed by atoms with Gasteiger partial charge in [-0.3, -0.25) is 0 Å². The number of carbonyl (C=O) groups is 1. The average molecular weight is 445 g/mol. The fourth-order valence-corrected chi connectivity index (χ4v) is 4.02. The van der Waals surface area contributed by atoms with Gasteiger partial charge in [0.2, 0.25) is 0 Å². The summed E-state index contributed by atoms with van der Waals surface area (Å²) in [6.45, 7) is 7.00. The van der Waals surface area contributed by atoms with Gasteiger partial charge in [-0.2, -0.15) is 4.98 Å². The van der Waals surface area contributed by atoms with E-state index in [1.165, 1.54) is 0 Å². The average Bonchev–Trinajstić information content (AvgIpc) is 3.27. The summed E-state index contributed by atoms with van der Waals surface area (Å²) in [6.07, 6.45) is 5.08. The Morgan fingerprint density at radius 2 is 2.06 bits per heavy atom. The van der Waals surface area contributed by atoms with Crippen LogP contribution in [0, 0.1) is 0 Å². The molecule has 2 fully saturated rings. The zero-order valence-corrected chi connectivity index (χ0v) is 18.8. The van der Waals surface area contributed by atoms with Crippen molar-refractivity contribution in [2.75, 3.05) is 31.1 Å². The number of amides is 1. The number of ether oxygens (including phenoxy) is 2. The monoisotopic (exact) mass is 444 g/mol. The molecule has 1 atom stereocenters. The molecule has 4 heterocycles. The second-order valence-electron chi connectivity index (χ2n) is 8.70. The Kier molecular flexibility index (Phi) is 7.21. The minimum atomic E-state index is -0.260. The molecule has 4 rings (SSSR count). The molecule has 32 heavy (non-hydrogen) atoms. The molecule has 1 amide bonds. The van der Waals surface area contributed by atoms with Gasteiger partial charge in [-0.15, -0.1) is 0 Å². The zero-order valence-electron chi connectivity index (χ0n) is 18.8. The fraction of sp³-hybridized carbons (Fsp3) is 0.636. The molecular weight excluding hydrogens is 412 g/mol. The summed E-state index contributed by atoms with van der Waals surface area (Å²) < 4.78 is 16.6. The second-order valence-corrected chi connectivity index (χ2v) is 8.70. The van der Waals surface area contributed by atoms with E-state index in [4.69, 9.17) is 19.7 Å². The zero-order chi connectivity index (χ0) is 22.5. The Morgan fingerprint density at radius 3 is 2.75 bits per heavy atom. The first-order chi connectivity index (χ1) is 15.5. The van der Waals surface area contributed by atoms with Crippen LogP contribution < -0.4 is 10.6 Å². The number of rotatable bonds is 6. The highest BCUT2D eigenvalue weighted by Gasteiger charge is 2.25. The molecule has 0 spiro atoms. The van der Waals surface area contributed by atoms with Crippen molar-refractivity contribution < 1.29 is 18.8 Å². The van der Waals surface area contributed by atoms with Crippen LogP contribution >= 0.6 is 0 Å². The molecule has 2 saturated heterocycles. The molecule has 2 N–H and O–H groups in total. The van der Waals surface area contributed by atoms with Crippen molar-refractivity contribution >= 4 is 11.9 Å². The van der Waals surface area contributed by atoms with Gasteiger partial charge in [-0.05, 0) is 51.7 Å². The van der Waals surface area contributed by atoms with E-state index in [-0.39, 0.29) is 30.9 Å². The summed E-state index contributed by atoms with van der Waals surface area (Å²) in [4.78, 5) is 24.9. The van der Waals surface area contributed by atoms with E-state index in [0.717, 1.165) is 50.2 Å². The van der Waals surface area contributed by atoms with E-state index in [9.17, 15) is 4.79 Å². The van der Waals surface area contributed by atoms with Gasteiger partial charge < -0.3 is 29.5 Å². The molecule has 2 aliphatic rings. The molecule has 2 aromatic rings. The summed E-state index contributed by atoms with van der Waals surface area (Å²) in [5.41, 5.74) is 6.84. The molecule has 10 heteroatoms. The van der Waals surface area contributed by atoms with Crippen molar-refractivity contribution in [2.45, 2.75) is 64.4 Å². The Balaban J connectivity index is 1.25. The maximum absolute atomic E-state index is 12.0. The molecule has 10 nitrogen and oxygen atoms in total. The number of carbonyl (C=O) groups excluding carboxylic acids is 1. The van der Waals surface area contributed by atoms with Crippen molar-refractivity contribution in [3.63, 3.8) is 0 Å². The molecule has 0 aromatic carbocycles. The van der Waals surface area contributed by atoms with Crippen LogP contribution in [0.3, 0.4) is 0 Å². The lowest BCUT2D eigenvalue weighted by atomic mass is 10.1. The van der Waals surface area contributed by atoms with Crippen LogP contribution in [0.2, 0.25) is 0 Å². The number of hydrogen-bond acceptors (Lipinski definition) is 9. The van der Waals surface area contributed by atoms with E-state index in [1.807, 2.05) is 26.0 Å². The van der Waals surface area contributed by atoms with Gasteiger partial charge >= 0.3 is 6.09 Å². The first-order valence-electron chi connectivity index (χ1n) is 11.3. The highest BCUT2D eigenvalue weighted by Crippen LogP contribution is 2.22. The Labute approximate surface area is 188 Å². The maximum Gasteiger partial charge on any atom is 0.410 e. The van der Waals surface area contributed by atoms with Crippen LogP contribution in [0.4, 0.5) is 10.6 Å². The van der Waals surface area contributed by atoms with Gasteiger partial charge in [0.05, 0.1) is 17.8 Å². The number of nitrogens with two attached hydrogens (primary N) is 1. The predicted molar refractivity (Wildman–Crippen MR) is 118 cm³/mol. The van der Waals surface area contributed by atoms with Crippen LogP contribution in [0.1, 0.15) is 45.4 Å². The first kappa shape index (κ1) is 22.5. The highest BCUT2D eigenvalue weighted by molar-refractivity contribution is 5.67. The third-order valence-corrected chi connectivity index (χ3v) is 5.73. The van der Waals surface area contributed by atoms with Crippen LogP contribution in [-0.4, -0.2) is 70.5 Å². The maximum atomic E-state index is 12.0. The van der Waals surface area contributed by atoms with Crippen LogP contribution in [0.15, 0.2) is 22.9 Å². The van der Waals surface area contributed by atoms with E-state index >= 15 is 0 Å². The number of nitrogens with zero attached hydrogens (tertiary/aromatic N) is 5. The number of hydrogen-bond donors (Lipinski definition) is 1. The lowest BCUT2D eigenvalue weighted by Crippen LogP contribution is -2.43. The number of aromatic nitrogens is 3. The minimum absolute atomic E-state index is 0.0527. The first-order valence-corrected chi connectivity index (χ1v) is 11.3. The molecule has 2 aliphatic heterocycles. The molecule has 0 aliphatic carbocycles. The van der Waals surface area contributed by atoms with Crippen molar-refractivity contribution in [1.29, 1.82) is 0 Å². The Morgan fingerprint density at radius 1 is 1.25 bits per heavy atom. The highest BCUT2D eigenvalue weighted by atomic mass is 16.6. The lowest BCUT2D eigenvalue weighted by molar-refractivity contribution is -0.00899. The van der Waals surface area contributed by atoms with Crippen molar-refractivity contribution in [2.24, 2.45) is 5.73 Å². The Bertz CT molecular complexity index is 879. The quantitative estimate of drug-likeness (QED) is 0.716. The van der Waals surface area contributed by atoms with E-state index in [0.29, 0.717) is 24.8 Å². The summed E-state index contributed by atoms with van der Waals surface area (Å²) in [7, 11) is 0. The Hall–Kier alpha value is -2.72. The van der Waals surface area contributed by atoms with Crippen molar-refractivity contribution in [3.05, 3.63) is 24.2 Å². The summed E-state index contributed by atoms with van der Waals surface area (Å²) in [5.74, 6) is 1.83. The molecule has 0 radical (unpaired) electrons. The topological polar surface area (TPSA) is 120 Å². The second kappa shape index (κ2) is 10.3. The van der Waals surface area contributed by atoms with Crippen molar-refractivity contribution in [1.82, 2.24) is 20.0 Å². The lowest BCUT2D eigenvalue weighted by Gasteiger charge is -2.31. The van der Waals surface area contributed by atoms with Crippen LogP contribution in [-0.2, 0) is 16.1 Å². The molecule has 174 valence electrons. The number of piperidine rings is 2. The van der Waals surface area contributed by atoms with Gasteiger partial charge in [0.1, 0.15) is 12.4 Å². The summed E-state index contributed by atoms with van der Waals surface area (Å²) >= 11 is 0. The summed E-state index contributed by atoms with van der Waals surface area (Å²) in [6, 6.07) is 4.10. The van der Waals surface area contributed by atoms with Crippen molar-refractivity contribution in [3.8, 4) is 11.5 Å². The molecule has 2 aromatic heterocycles. The SMILES string of the molecule is CC(C)OC(=O)N1CCC(OCc2noc(-c3ccc(N4CCC[C@@H](N)C4)nc3)n2)CC1. The molecular formula is C22H32N6O4. The van der Waals surface area contributed by atoms with Gasteiger partial charge in [0, 0.05) is 38.4 Å². The van der Waals surface area contributed by atoms with Gasteiger partial charge in [0.15, 0.2) is 5.82 Å². The van der Waals surface area contributed by atoms with Gasteiger partial charge in [-0.25, -0.2) is 9.78 Å². The van der Waals surface area contributed by atoms with Crippen LogP contribution in [0.25, 0.3) is 11.5 Å². The summed E-state index contributed by atoms with van der Waals surface area (Å²) in [5, 5.41) is 4.02. The third kappa shape index (κ3) is 5.74. The third-order valence-electron chi connectivity index (χ3n) is 5.73. The number of pyridine rings is 1. The van der Waals surface area contributed by atoms with E-state index in [1.54, 1.807) is 11.1 Å². The van der Waals surface area contributed by atoms with Gasteiger partial charge in [0.25, 0.3) is 5.89 Å². The van der Waals surface area contributed by atoms with E-state index in [2.05, 4.69) is 20.0 Å². The van der Waals surface area contributed by atoms with Crippen LogP contribution in [0.5, 0.6) is 0 Å². The molecule has 0 saturated carbocycles. The molecule has 0 unspecified atom stereocenters. The molecule has 0 bridgehead atoms. The smallest absolute Gasteiger partial charge is 0.410 e. The van der Waals surface area contributed by atoms with E-state index < -0.39 is 0 Å². The minimum Gasteiger partial charge on any atom is -0.447 e. The number of anilines is 1. The van der Waals surface area contributed by atoms with Gasteiger partial charge in [-0.1, -0.05) is 5.16 Å². The standard InChI is InChI=1S/C22H32N6O4/c1-15(2)31-22(29)27-10-7-18(8-11-27)30-14-19-25-21(32-26-19)16-5-6-20(24-12-16)28-9-3-4-17(23)13-28/h5-6,12,15,17-18H,3-4,7-11,13-14,23H2,1-2H3/t17-/m1/s1. The normalized spacial score (nSPS) is 20.1.